The van der Waals surface area contributed by atoms with Gasteiger partial charge in [-0.15, -0.1) is 0 Å². The van der Waals surface area contributed by atoms with Crippen LogP contribution in [0, 0.1) is 10.1 Å². The van der Waals surface area contributed by atoms with E-state index in [0.717, 1.165) is 0 Å². The van der Waals surface area contributed by atoms with Gasteiger partial charge in [0.2, 0.25) is 12.1 Å². The van der Waals surface area contributed by atoms with Gasteiger partial charge in [0, 0.05) is 33.2 Å². The van der Waals surface area contributed by atoms with Gasteiger partial charge < -0.3 is 25.0 Å². The number of aromatic hydroxyl groups is 1. The Balaban J connectivity index is 1.73. The van der Waals surface area contributed by atoms with Gasteiger partial charge in [-0.1, -0.05) is 12.1 Å². The topological polar surface area (TPSA) is 105 Å². The largest absolute Gasteiger partial charge is 0.507 e. The molecule has 2 aromatic rings. The highest BCUT2D eigenvalue weighted by atomic mass is 16.6. The van der Waals surface area contributed by atoms with Gasteiger partial charge in [0.05, 0.1) is 5.56 Å². The molecule has 0 unspecified atom stereocenters. The van der Waals surface area contributed by atoms with Crippen molar-refractivity contribution in [2.24, 2.45) is 7.05 Å². The summed E-state index contributed by atoms with van der Waals surface area (Å²) in [7, 11) is 1.70. The minimum atomic E-state index is -0.505. The van der Waals surface area contributed by atoms with Gasteiger partial charge in [0.15, 0.2) is 0 Å². The molecule has 0 radical (unpaired) electrons. The molecule has 0 saturated carbocycles. The van der Waals surface area contributed by atoms with Gasteiger partial charge in [-0.2, -0.15) is 0 Å². The summed E-state index contributed by atoms with van der Waals surface area (Å²) in [5, 5.41) is 20.9. The lowest BCUT2D eigenvalue weighted by molar-refractivity contribution is -0.388. The summed E-state index contributed by atoms with van der Waals surface area (Å²) < 4.78 is 1.61. The fraction of sp³-hybridized carbons (Fsp3) is 0.333. The molecule has 0 atom stereocenters. The van der Waals surface area contributed by atoms with Crippen LogP contribution in [0.5, 0.6) is 5.75 Å². The highest BCUT2D eigenvalue weighted by Crippen LogP contribution is 2.27. The van der Waals surface area contributed by atoms with E-state index < -0.39 is 4.92 Å². The molecule has 1 aliphatic heterocycles. The summed E-state index contributed by atoms with van der Waals surface area (Å²) >= 11 is 0. The average Bonchev–Trinajstić information content (AvgIpc) is 2.97. The molecule has 0 aliphatic carbocycles. The van der Waals surface area contributed by atoms with Gasteiger partial charge >= 0.3 is 5.82 Å². The highest BCUT2D eigenvalue weighted by Gasteiger charge is 2.30. The number of hydrogen-bond donors (Lipinski definition) is 1. The lowest BCUT2D eigenvalue weighted by Crippen LogP contribution is -2.49. The first-order chi connectivity index (χ1) is 11.5. The molecule has 0 bridgehead atoms. The summed E-state index contributed by atoms with van der Waals surface area (Å²) in [6.45, 7) is 1.74. The molecule has 1 aliphatic rings. The first-order valence-corrected chi connectivity index (χ1v) is 7.47. The van der Waals surface area contributed by atoms with Crippen LogP contribution in [0.25, 0.3) is 0 Å². The van der Waals surface area contributed by atoms with Crippen LogP contribution in [-0.2, 0) is 7.05 Å². The Bertz CT molecular complexity index is 780. The number of nitro groups is 1. The minimum absolute atomic E-state index is 0.0489. The third kappa shape index (κ3) is 2.75. The summed E-state index contributed by atoms with van der Waals surface area (Å²) in [5.41, 5.74) is 0.262. The molecular weight excluding hydrogens is 314 g/mol. The smallest absolute Gasteiger partial charge is 0.406 e. The van der Waals surface area contributed by atoms with Crippen molar-refractivity contribution in [3.05, 3.63) is 46.3 Å². The Kier molecular flexibility index (Phi) is 4.07. The number of amides is 1. The first kappa shape index (κ1) is 15.8. The Labute approximate surface area is 137 Å². The number of phenolic OH excluding ortho intramolecular Hbond substituents is 1. The van der Waals surface area contributed by atoms with Crippen molar-refractivity contribution in [1.29, 1.82) is 0 Å². The first-order valence-electron chi connectivity index (χ1n) is 7.47. The second kappa shape index (κ2) is 6.19. The van der Waals surface area contributed by atoms with Crippen molar-refractivity contribution in [1.82, 2.24) is 14.5 Å². The van der Waals surface area contributed by atoms with E-state index in [1.165, 1.54) is 12.4 Å². The molecule has 1 N–H and O–H groups in total. The van der Waals surface area contributed by atoms with Crippen LogP contribution in [0.15, 0.2) is 30.6 Å². The van der Waals surface area contributed by atoms with E-state index in [1.54, 1.807) is 34.7 Å². The SMILES string of the molecule is Cn1cnc([N+](=O)[O-])c1N1CCN(C(=O)c2ccccc2O)CC1. The van der Waals surface area contributed by atoms with E-state index >= 15 is 0 Å². The van der Waals surface area contributed by atoms with Gasteiger partial charge in [0.25, 0.3) is 5.91 Å². The molecule has 1 aromatic carbocycles. The van der Waals surface area contributed by atoms with E-state index in [1.807, 2.05) is 4.90 Å². The zero-order chi connectivity index (χ0) is 17.3. The molecule has 1 fully saturated rings. The standard InChI is InChI=1S/C15H17N5O4/c1-17-10-16-13(20(23)24)14(17)18-6-8-19(9-7-18)15(22)11-4-2-3-5-12(11)21/h2-5,10,21H,6-9H2,1H3. The third-order valence-electron chi connectivity index (χ3n) is 4.06. The molecule has 2 heterocycles. The minimum Gasteiger partial charge on any atom is -0.507 e. The van der Waals surface area contributed by atoms with Crippen LogP contribution in [0.2, 0.25) is 0 Å². The molecule has 9 heteroatoms. The second-order valence-electron chi connectivity index (χ2n) is 5.56. The molecule has 1 saturated heterocycles. The predicted molar refractivity (Wildman–Crippen MR) is 86.1 cm³/mol. The summed E-state index contributed by atoms with van der Waals surface area (Å²) in [5.74, 6) is -0.0351. The lowest BCUT2D eigenvalue weighted by Gasteiger charge is -2.35. The number of aryl methyl sites for hydroxylation is 1. The van der Waals surface area contributed by atoms with Crippen molar-refractivity contribution in [3.8, 4) is 5.75 Å². The summed E-state index contributed by atoms with van der Waals surface area (Å²) in [6, 6.07) is 6.41. The predicted octanol–water partition coefficient (Wildman–Crippen LogP) is 0.996. The van der Waals surface area contributed by atoms with E-state index in [4.69, 9.17) is 0 Å². The molecule has 9 nitrogen and oxygen atoms in total. The quantitative estimate of drug-likeness (QED) is 0.664. The molecule has 24 heavy (non-hydrogen) atoms. The number of carbonyl (C=O) groups is 1. The van der Waals surface area contributed by atoms with Crippen molar-refractivity contribution in [2.45, 2.75) is 0 Å². The summed E-state index contributed by atoms with van der Waals surface area (Å²) in [6.07, 6.45) is 1.41. The van der Waals surface area contributed by atoms with Gasteiger partial charge in [-0.25, -0.2) is 0 Å². The Hall–Kier alpha value is -3.10. The van der Waals surface area contributed by atoms with Crippen LogP contribution in [0.3, 0.4) is 0 Å². The zero-order valence-electron chi connectivity index (χ0n) is 13.1. The van der Waals surface area contributed by atoms with Crippen molar-refractivity contribution in [3.63, 3.8) is 0 Å². The molecule has 1 aromatic heterocycles. The van der Waals surface area contributed by atoms with E-state index in [-0.39, 0.29) is 23.0 Å². The average molecular weight is 331 g/mol. The maximum absolute atomic E-state index is 12.5. The van der Waals surface area contributed by atoms with Crippen LogP contribution in [0.1, 0.15) is 10.4 Å². The van der Waals surface area contributed by atoms with Crippen molar-refractivity contribution >= 4 is 17.5 Å². The van der Waals surface area contributed by atoms with E-state index in [9.17, 15) is 20.0 Å². The van der Waals surface area contributed by atoms with Crippen molar-refractivity contribution in [2.75, 3.05) is 31.1 Å². The Morgan fingerprint density at radius 1 is 1.25 bits per heavy atom. The maximum Gasteiger partial charge on any atom is 0.406 e. The molecule has 0 spiro atoms. The number of carbonyl (C=O) groups excluding carboxylic acids is 1. The molecule has 1 amide bonds. The highest BCUT2D eigenvalue weighted by molar-refractivity contribution is 5.96. The zero-order valence-corrected chi connectivity index (χ0v) is 13.1. The number of anilines is 1. The normalized spacial score (nSPS) is 14.7. The molecule has 3 rings (SSSR count). The lowest BCUT2D eigenvalue weighted by atomic mass is 10.1. The maximum atomic E-state index is 12.5. The van der Waals surface area contributed by atoms with E-state index in [0.29, 0.717) is 32.0 Å². The van der Waals surface area contributed by atoms with Crippen molar-refractivity contribution < 1.29 is 14.8 Å². The van der Waals surface area contributed by atoms with Crippen LogP contribution in [-0.4, -0.2) is 56.6 Å². The van der Waals surface area contributed by atoms with Gasteiger partial charge in [-0.3, -0.25) is 9.36 Å². The number of rotatable bonds is 3. The number of benzene rings is 1. The van der Waals surface area contributed by atoms with Crippen LogP contribution in [0.4, 0.5) is 11.6 Å². The van der Waals surface area contributed by atoms with Gasteiger partial charge in [-0.05, 0) is 22.0 Å². The fourth-order valence-corrected chi connectivity index (χ4v) is 2.85. The number of piperazine rings is 1. The number of aromatic nitrogens is 2. The fourth-order valence-electron chi connectivity index (χ4n) is 2.85. The van der Waals surface area contributed by atoms with E-state index in [2.05, 4.69) is 4.98 Å². The number of nitrogens with zero attached hydrogens (tertiary/aromatic N) is 5. The second-order valence-corrected chi connectivity index (χ2v) is 5.56. The number of hydrogen-bond acceptors (Lipinski definition) is 6. The Morgan fingerprint density at radius 3 is 2.54 bits per heavy atom. The molecule has 126 valence electrons. The van der Waals surface area contributed by atoms with Gasteiger partial charge in [0.1, 0.15) is 5.75 Å². The van der Waals surface area contributed by atoms with Crippen LogP contribution >= 0.6 is 0 Å². The summed E-state index contributed by atoms with van der Waals surface area (Å²) in [4.78, 5) is 30.3. The molecular formula is C15H17N5O4. The van der Waals surface area contributed by atoms with Crippen LogP contribution < -0.4 is 4.90 Å². The third-order valence-corrected chi connectivity index (χ3v) is 4.06. The Morgan fingerprint density at radius 2 is 1.92 bits per heavy atom. The number of imidazole rings is 1. The number of para-hydroxylation sites is 1. The number of phenols is 1. The monoisotopic (exact) mass is 331 g/mol.